The first-order chi connectivity index (χ1) is 6.15. The first-order valence-corrected chi connectivity index (χ1v) is 4.14. The fourth-order valence-electron chi connectivity index (χ4n) is 1.12. The zero-order chi connectivity index (χ0) is 9.84. The highest BCUT2D eigenvalue weighted by atomic mass is 19.1. The lowest BCUT2D eigenvalue weighted by atomic mass is 9.96. The predicted octanol–water partition coefficient (Wildman–Crippen LogP) is 2.26. The second kappa shape index (κ2) is 4.33. The van der Waals surface area contributed by atoms with E-state index in [0.717, 1.165) is 5.56 Å². The van der Waals surface area contributed by atoms with E-state index in [2.05, 4.69) is 0 Å². The highest BCUT2D eigenvalue weighted by molar-refractivity contribution is 5.20. The normalized spacial score (nSPS) is 15.4. The molecular weight excluding hydrogens is 174 g/mol. The maximum Gasteiger partial charge on any atom is 0.123 e. The van der Waals surface area contributed by atoms with Crippen LogP contribution in [0.3, 0.4) is 0 Å². The molecule has 1 nitrogen and oxygen atoms in total. The summed E-state index contributed by atoms with van der Waals surface area (Å²) in [6.07, 6.45) is -1.01. The smallest absolute Gasteiger partial charge is 0.123 e. The van der Waals surface area contributed by atoms with Crippen LogP contribution in [0.15, 0.2) is 24.3 Å². The number of halogens is 2. The Morgan fingerprint density at radius 2 is 1.85 bits per heavy atom. The molecule has 0 saturated carbocycles. The van der Waals surface area contributed by atoms with Crippen LogP contribution < -0.4 is 0 Å². The van der Waals surface area contributed by atoms with Gasteiger partial charge in [-0.15, -0.1) is 0 Å². The van der Waals surface area contributed by atoms with Crippen molar-refractivity contribution in [2.24, 2.45) is 0 Å². The molecule has 0 heterocycles. The molecule has 0 aromatic heterocycles. The zero-order valence-corrected chi connectivity index (χ0v) is 7.37. The van der Waals surface area contributed by atoms with Crippen molar-refractivity contribution in [1.82, 2.24) is 0 Å². The predicted molar refractivity (Wildman–Crippen MR) is 46.8 cm³/mol. The van der Waals surface area contributed by atoms with Gasteiger partial charge in [0.1, 0.15) is 12.5 Å². The molecule has 0 aliphatic rings. The van der Waals surface area contributed by atoms with Crippen molar-refractivity contribution in [1.29, 1.82) is 0 Å². The number of benzene rings is 1. The van der Waals surface area contributed by atoms with E-state index in [0.29, 0.717) is 0 Å². The van der Waals surface area contributed by atoms with E-state index in [9.17, 15) is 13.9 Å². The highest BCUT2D eigenvalue weighted by Crippen LogP contribution is 2.19. The molecule has 0 saturated heterocycles. The van der Waals surface area contributed by atoms with Gasteiger partial charge < -0.3 is 5.11 Å². The summed E-state index contributed by atoms with van der Waals surface area (Å²) in [5.41, 5.74) is 0.742. The molecule has 0 radical (unpaired) electrons. The molecule has 0 aliphatic carbocycles. The summed E-state index contributed by atoms with van der Waals surface area (Å²) in [4.78, 5) is 0. The van der Waals surface area contributed by atoms with Crippen molar-refractivity contribution < 1.29 is 13.9 Å². The quantitative estimate of drug-likeness (QED) is 0.767. The zero-order valence-electron chi connectivity index (χ0n) is 7.37. The Kier molecular flexibility index (Phi) is 3.37. The van der Waals surface area contributed by atoms with Crippen LogP contribution in [0.2, 0.25) is 0 Å². The van der Waals surface area contributed by atoms with E-state index in [-0.39, 0.29) is 11.7 Å². The minimum atomic E-state index is -1.01. The Hall–Kier alpha value is -0.960. The van der Waals surface area contributed by atoms with Crippen molar-refractivity contribution in [3.63, 3.8) is 0 Å². The average Bonchev–Trinajstić information content (AvgIpc) is 2.17. The van der Waals surface area contributed by atoms with Crippen LogP contribution in [-0.4, -0.2) is 17.9 Å². The molecule has 0 spiro atoms. The highest BCUT2D eigenvalue weighted by Gasteiger charge is 2.15. The van der Waals surface area contributed by atoms with Crippen LogP contribution >= 0.6 is 0 Å². The second-order valence-corrected chi connectivity index (χ2v) is 3.06. The molecule has 3 heteroatoms. The molecule has 2 atom stereocenters. The number of aliphatic hydroxyl groups excluding tert-OH is 1. The van der Waals surface area contributed by atoms with Crippen LogP contribution in [0.4, 0.5) is 8.78 Å². The maximum absolute atomic E-state index is 12.5. The van der Waals surface area contributed by atoms with Crippen LogP contribution in [0.1, 0.15) is 18.4 Å². The Bertz CT molecular complexity index is 258. The molecule has 0 amide bonds. The third-order valence-corrected chi connectivity index (χ3v) is 2.13. The summed E-state index contributed by atoms with van der Waals surface area (Å²) in [5.74, 6) is -0.628. The summed E-state index contributed by atoms with van der Waals surface area (Å²) >= 11 is 0. The lowest BCUT2D eigenvalue weighted by Gasteiger charge is -2.15. The number of hydrogen-bond donors (Lipinski definition) is 1. The molecule has 0 fully saturated rings. The van der Waals surface area contributed by atoms with Crippen LogP contribution in [0.25, 0.3) is 0 Å². The van der Waals surface area contributed by atoms with Gasteiger partial charge in [-0.25, -0.2) is 8.78 Å². The van der Waals surface area contributed by atoms with Gasteiger partial charge in [-0.05, 0) is 17.7 Å². The van der Waals surface area contributed by atoms with Crippen molar-refractivity contribution in [2.45, 2.75) is 18.9 Å². The van der Waals surface area contributed by atoms with Gasteiger partial charge in [0, 0.05) is 5.92 Å². The molecule has 13 heavy (non-hydrogen) atoms. The number of rotatable bonds is 3. The number of alkyl halides is 1. The Balaban J connectivity index is 2.77. The maximum atomic E-state index is 12.5. The lowest BCUT2D eigenvalue weighted by molar-refractivity contribution is 0.117. The Labute approximate surface area is 76.0 Å². The van der Waals surface area contributed by atoms with E-state index in [1.807, 2.05) is 0 Å². The fourth-order valence-corrected chi connectivity index (χ4v) is 1.12. The van der Waals surface area contributed by atoms with E-state index in [1.54, 1.807) is 19.1 Å². The van der Waals surface area contributed by atoms with Crippen LogP contribution in [0, 0.1) is 5.82 Å². The first-order valence-electron chi connectivity index (χ1n) is 4.14. The summed E-state index contributed by atoms with van der Waals surface area (Å²) < 4.78 is 24.6. The van der Waals surface area contributed by atoms with Gasteiger partial charge in [0.2, 0.25) is 0 Å². The van der Waals surface area contributed by atoms with Gasteiger partial charge in [0.15, 0.2) is 0 Å². The van der Waals surface area contributed by atoms with E-state index in [1.165, 1.54) is 12.1 Å². The Morgan fingerprint density at radius 3 is 2.31 bits per heavy atom. The monoisotopic (exact) mass is 186 g/mol. The second-order valence-electron chi connectivity index (χ2n) is 3.06. The van der Waals surface area contributed by atoms with Crippen molar-refractivity contribution >= 4 is 0 Å². The molecule has 1 aromatic carbocycles. The van der Waals surface area contributed by atoms with Gasteiger partial charge in [0.25, 0.3) is 0 Å². The van der Waals surface area contributed by atoms with Crippen molar-refractivity contribution in [2.75, 3.05) is 6.67 Å². The van der Waals surface area contributed by atoms with E-state index in [4.69, 9.17) is 0 Å². The lowest BCUT2D eigenvalue weighted by Crippen LogP contribution is -2.17. The number of hydrogen-bond acceptors (Lipinski definition) is 1. The topological polar surface area (TPSA) is 20.2 Å². The summed E-state index contributed by atoms with van der Waals surface area (Å²) in [5, 5.41) is 9.18. The molecule has 1 rings (SSSR count). The average molecular weight is 186 g/mol. The van der Waals surface area contributed by atoms with Gasteiger partial charge in [-0.1, -0.05) is 19.1 Å². The molecule has 0 aliphatic heterocycles. The van der Waals surface area contributed by atoms with Crippen LogP contribution in [-0.2, 0) is 0 Å². The Morgan fingerprint density at radius 1 is 1.31 bits per heavy atom. The van der Waals surface area contributed by atoms with Gasteiger partial charge >= 0.3 is 0 Å². The third kappa shape index (κ3) is 2.49. The number of aliphatic hydroxyl groups is 1. The molecule has 2 unspecified atom stereocenters. The van der Waals surface area contributed by atoms with Crippen molar-refractivity contribution in [3.8, 4) is 0 Å². The molecule has 1 aromatic rings. The van der Waals surface area contributed by atoms with Crippen LogP contribution in [0.5, 0.6) is 0 Å². The SMILES string of the molecule is CC(c1ccc(F)cc1)C(O)CF. The van der Waals surface area contributed by atoms with Gasteiger partial charge in [0.05, 0.1) is 6.10 Å². The minimum absolute atomic E-state index is 0.300. The molecule has 1 N–H and O–H groups in total. The first kappa shape index (κ1) is 10.1. The molecule has 72 valence electrons. The standard InChI is InChI=1S/C10H12F2O/c1-7(10(13)6-11)8-2-4-9(12)5-3-8/h2-5,7,10,13H,6H2,1H3. The fraction of sp³-hybridized carbons (Fsp3) is 0.400. The van der Waals surface area contributed by atoms with E-state index < -0.39 is 12.8 Å². The largest absolute Gasteiger partial charge is 0.390 e. The van der Waals surface area contributed by atoms with Gasteiger partial charge in [-0.3, -0.25) is 0 Å². The molecular formula is C10H12F2O. The minimum Gasteiger partial charge on any atom is -0.390 e. The summed E-state index contributed by atoms with van der Waals surface area (Å²) in [6, 6.07) is 5.71. The summed E-state index contributed by atoms with van der Waals surface area (Å²) in [7, 11) is 0. The third-order valence-electron chi connectivity index (χ3n) is 2.13. The van der Waals surface area contributed by atoms with Gasteiger partial charge in [-0.2, -0.15) is 0 Å². The summed E-state index contributed by atoms with van der Waals surface area (Å²) in [6.45, 7) is 0.927. The van der Waals surface area contributed by atoms with E-state index >= 15 is 0 Å². The molecule has 0 bridgehead atoms. The van der Waals surface area contributed by atoms with Crippen molar-refractivity contribution in [3.05, 3.63) is 35.6 Å².